The number of nitrogens with two attached hydrogens (primary N) is 1. The van der Waals surface area contributed by atoms with Crippen LogP contribution in [0.1, 0.15) is 18.9 Å². The Labute approximate surface area is 107 Å². The summed E-state index contributed by atoms with van der Waals surface area (Å²) in [5, 5.41) is 18.5. The number of aromatic nitrogens is 2. The molecule has 0 saturated carbocycles. The van der Waals surface area contributed by atoms with Gasteiger partial charge in [0.05, 0.1) is 16.0 Å². The van der Waals surface area contributed by atoms with E-state index in [0.717, 1.165) is 0 Å². The molecule has 7 nitrogen and oxygen atoms in total. The van der Waals surface area contributed by atoms with E-state index in [4.69, 9.17) is 21.8 Å². The zero-order chi connectivity index (χ0) is 13.3. The van der Waals surface area contributed by atoms with E-state index < -0.39 is 11.0 Å². The highest BCUT2D eigenvalue weighted by Gasteiger charge is 2.23. The van der Waals surface area contributed by atoms with Crippen molar-refractivity contribution in [3.8, 4) is 11.5 Å². The Balaban J connectivity index is 2.58. The number of nitro benzene ring substituents is 1. The summed E-state index contributed by atoms with van der Waals surface area (Å²) >= 11 is 5.93. The van der Waals surface area contributed by atoms with E-state index in [2.05, 4.69) is 10.2 Å². The van der Waals surface area contributed by atoms with Crippen LogP contribution < -0.4 is 5.73 Å². The summed E-state index contributed by atoms with van der Waals surface area (Å²) in [4.78, 5) is 10.4. The van der Waals surface area contributed by atoms with Gasteiger partial charge < -0.3 is 10.2 Å². The van der Waals surface area contributed by atoms with Gasteiger partial charge in [0, 0.05) is 6.07 Å². The minimum absolute atomic E-state index is 0.0143. The largest absolute Gasteiger partial charge is 0.419 e. The molecule has 2 N–H and O–H groups in total. The smallest absolute Gasteiger partial charge is 0.283 e. The Kier molecular flexibility index (Phi) is 3.26. The lowest BCUT2D eigenvalue weighted by Gasteiger charge is -2.00. The Hall–Kier alpha value is -1.99. The van der Waals surface area contributed by atoms with Crippen molar-refractivity contribution in [1.29, 1.82) is 0 Å². The highest BCUT2D eigenvalue weighted by Crippen LogP contribution is 2.35. The fourth-order valence-electron chi connectivity index (χ4n) is 1.40. The molecule has 1 heterocycles. The summed E-state index contributed by atoms with van der Waals surface area (Å²) < 4.78 is 5.27. The molecule has 2 aromatic rings. The van der Waals surface area contributed by atoms with Crippen LogP contribution in [-0.4, -0.2) is 15.1 Å². The molecule has 0 saturated heterocycles. The monoisotopic (exact) mass is 268 g/mol. The maximum atomic E-state index is 10.9. The molecule has 0 bridgehead atoms. The van der Waals surface area contributed by atoms with Gasteiger partial charge in [-0.1, -0.05) is 17.7 Å². The third-order valence-electron chi connectivity index (χ3n) is 2.23. The number of rotatable bonds is 3. The van der Waals surface area contributed by atoms with Gasteiger partial charge in [0.1, 0.15) is 5.56 Å². The van der Waals surface area contributed by atoms with Crippen LogP contribution in [-0.2, 0) is 0 Å². The predicted molar refractivity (Wildman–Crippen MR) is 64.0 cm³/mol. The van der Waals surface area contributed by atoms with Gasteiger partial charge in [-0.05, 0) is 13.0 Å². The second-order valence-electron chi connectivity index (χ2n) is 3.63. The van der Waals surface area contributed by atoms with Gasteiger partial charge in [0.15, 0.2) is 0 Å². The van der Waals surface area contributed by atoms with E-state index in [1.807, 2.05) is 0 Å². The molecule has 0 amide bonds. The molecule has 1 aromatic heterocycles. The Morgan fingerprint density at radius 3 is 2.78 bits per heavy atom. The summed E-state index contributed by atoms with van der Waals surface area (Å²) in [5.41, 5.74) is 5.49. The molecule has 0 radical (unpaired) electrons. The van der Waals surface area contributed by atoms with Crippen LogP contribution in [0.3, 0.4) is 0 Å². The second kappa shape index (κ2) is 4.71. The third kappa shape index (κ3) is 2.18. The number of hydrogen-bond donors (Lipinski definition) is 1. The molecular formula is C10H9ClN4O3. The Morgan fingerprint density at radius 1 is 1.50 bits per heavy atom. The van der Waals surface area contributed by atoms with Gasteiger partial charge in [-0.3, -0.25) is 10.1 Å². The van der Waals surface area contributed by atoms with Gasteiger partial charge >= 0.3 is 0 Å². The first kappa shape index (κ1) is 12.5. The molecule has 18 heavy (non-hydrogen) atoms. The molecule has 1 atom stereocenters. The molecule has 0 aliphatic heterocycles. The summed E-state index contributed by atoms with van der Waals surface area (Å²) in [7, 11) is 0. The topological polar surface area (TPSA) is 108 Å². The first-order valence-electron chi connectivity index (χ1n) is 5.03. The maximum Gasteiger partial charge on any atom is 0.283 e. The molecule has 0 spiro atoms. The number of benzene rings is 1. The van der Waals surface area contributed by atoms with E-state index in [9.17, 15) is 10.1 Å². The normalized spacial score (nSPS) is 12.4. The molecule has 1 unspecified atom stereocenters. The van der Waals surface area contributed by atoms with Gasteiger partial charge in [0.25, 0.3) is 11.6 Å². The molecule has 94 valence electrons. The first-order chi connectivity index (χ1) is 8.50. The van der Waals surface area contributed by atoms with E-state index in [-0.39, 0.29) is 28.1 Å². The summed E-state index contributed by atoms with van der Waals surface area (Å²) in [6.07, 6.45) is 0. The summed E-state index contributed by atoms with van der Waals surface area (Å²) in [6, 6.07) is 3.86. The van der Waals surface area contributed by atoms with Crippen molar-refractivity contribution < 1.29 is 9.34 Å². The van der Waals surface area contributed by atoms with Crippen molar-refractivity contribution in [3.05, 3.63) is 39.2 Å². The quantitative estimate of drug-likeness (QED) is 0.676. The van der Waals surface area contributed by atoms with Gasteiger partial charge in [-0.25, -0.2) is 0 Å². The molecule has 8 heteroatoms. The van der Waals surface area contributed by atoms with Crippen LogP contribution in [0.25, 0.3) is 11.5 Å². The highest BCUT2D eigenvalue weighted by atomic mass is 35.5. The Morgan fingerprint density at radius 2 is 2.22 bits per heavy atom. The molecule has 2 rings (SSSR count). The Bertz CT molecular complexity index is 597. The highest BCUT2D eigenvalue weighted by molar-refractivity contribution is 6.33. The average molecular weight is 269 g/mol. The van der Waals surface area contributed by atoms with E-state index in [0.29, 0.717) is 0 Å². The van der Waals surface area contributed by atoms with Crippen molar-refractivity contribution in [3.63, 3.8) is 0 Å². The third-order valence-corrected chi connectivity index (χ3v) is 2.55. The minimum Gasteiger partial charge on any atom is -0.419 e. The number of hydrogen-bond acceptors (Lipinski definition) is 6. The van der Waals surface area contributed by atoms with Crippen LogP contribution in [0.4, 0.5) is 5.69 Å². The minimum atomic E-state index is -0.559. The summed E-state index contributed by atoms with van der Waals surface area (Å²) in [5.74, 6) is 0.179. The molecule has 0 aliphatic carbocycles. The number of nitrogens with zero attached hydrogens (tertiary/aromatic N) is 3. The maximum absolute atomic E-state index is 10.9. The van der Waals surface area contributed by atoms with E-state index >= 15 is 0 Å². The van der Waals surface area contributed by atoms with Crippen LogP contribution >= 0.6 is 11.6 Å². The fraction of sp³-hybridized carbons (Fsp3) is 0.200. The standard InChI is InChI=1S/C10H9ClN4O3/c1-5(12)9-13-14-10(18-9)8-6(11)3-2-4-7(8)15(16)17/h2-5H,12H2,1H3. The summed E-state index contributed by atoms with van der Waals surface area (Å²) in [6.45, 7) is 1.66. The van der Waals surface area contributed by atoms with Crippen molar-refractivity contribution in [2.24, 2.45) is 5.73 Å². The van der Waals surface area contributed by atoms with Crippen LogP contribution in [0, 0.1) is 10.1 Å². The molecule has 0 aliphatic rings. The van der Waals surface area contributed by atoms with E-state index in [1.165, 1.54) is 18.2 Å². The van der Waals surface area contributed by atoms with Crippen molar-refractivity contribution >= 4 is 17.3 Å². The zero-order valence-electron chi connectivity index (χ0n) is 9.33. The van der Waals surface area contributed by atoms with Gasteiger partial charge in [0.2, 0.25) is 5.89 Å². The van der Waals surface area contributed by atoms with Crippen molar-refractivity contribution in [2.75, 3.05) is 0 Å². The van der Waals surface area contributed by atoms with Gasteiger partial charge in [-0.15, -0.1) is 10.2 Å². The molecular weight excluding hydrogens is 260 g/mol. The lowest BCUT2D eigenvalue weighted by Crippen LogP contribution is -2.04. The van der Waals surface area contributed by atoms with Crippen LogP contribution in [0.5, 0.6) is 0 Å². The predicted octanol–water partition coefficient (Wildman–Crippen LogP) is 2.32. The van der Waals surface area contributed by atoms with Crippen LogP contribution in [0.15, 0.2) is 22.6 Å². The lowest BCUT2D eigenvalue weighted by molar-refractivity contribution is -0.384. The first-order valence-corrected chi connectivity index (χ1v) is 5.40. The zero-order valence-corrected chi connectivity index (χ0v) is 10.1. The van der Waals surface area contributed by atoms with Crippen molar-refractivity contribution in [1.82, 2.24) is 10.2 Å². The fourth-order valence-corrected chi connectivity index (χ4v) is 1.65. The molecule has 1 aromatic carbocycles. The van der Waals surface area contributed by atoms with Gasteiger partial charge in [-0.2, -0.15) is 0 Å². The second-order valence-corrected chi connectivity index (χ2v) is 4.03. The van der Waals surface area contributed by atoms with Crippen molar-refractivity contribution in [2.45, 2.75) is 13.0 Å². The lowest BCUT2D eigenvalue weighted by atomic mass is 10.2. The average Bonchev–Trinajstić information content (AvgIpc) is 2.77. The number of nitro groups is 1. The SMILES string of the molecule is CC(N)c1nnc(-c2c(Cl)cccc2[N+](=O)[O-])o1. The van der Waals surface area contributed by atoms with E-state index in [1.54, 1.807) is 6.92 Å². The van der Waals surface area contributed by atoms with Crippen LogP contribution in [0.2, 0.25) is 5.02 Å². The molecule has 0 fully saturated rings. The number of halogens is 1.